The first-order chi connectivity index (χ1) is 7.84. The predicted molar refractivity (Wildman–Crippen MR) is 63.2 cm³/mol. The fourth-order valence-electron chi connectivity index (χ4n) is 2.47. The van der Waals surface area contributed by atoms with Crippen LogP contribution in [0.3, 0.4) is 0 Å². The van der Waals surface area contributed by atoms with Crippen LogP contribution in [-0.4, -0.2) is 39.1 Å². The highest BCUT2D eigenvalue weighted by molar-refractivity contribution is 5.69. The molecule has 0 amide bonds. The maximum Gasteiger partial charge on any atom is 0.159 e. The van der Waals surface area contributed by atoms with Gasteiger partial charge in [0.15, 0.2) is 5.65 Å². The number of nitrogens with zero attached hydrogens (tertiary/aromatic N) is 4. The van der Waals surface area contributed by atoms with Crippen LogP contribution in [0.15, 0.2) is 24.7 Å². The molecule has 0 bridgehead atoms. The Morgan fingerprint density at radius 1 is 1.44 bits per heavy atom. The summed E-state index contributed by atoms with van der Waals surface area (Å²) in [5.74, 6) is 0. The average Bonchev–Trinajstić information content (AvgIpc) is 2.88. The number of fused-ring (bicyclic) bond motifs is 1. The van der Waals surface area contributed by atoms with Crippen LogP contribution in [-0.2, 0) is 6.54 Å². The fourth-order valence-corrected chi connectivity index (χ4v) is 2.47. The summed E-state index contributed by atoms with van der Waals surface area (Å²) in [5, 5.41) is 0. The summed E-state index contributed by atoms with van der Waals surface area (Å²) < 4.78 is 2.17. The molecule has 0 spiro atoms. The predicted octanol–water partition coefficient (Wildman–Crippen LogP) is 1.53. The zero-order valence-electron chi connectivity index (χ0n) is 9.50. The Morgan fingerprint density at radius 2 is 2.38 bits per heavy atom. The van der Waals surface area contributed by atoms with Crippen molar-refractivity contribution in [3.8, 4) is 0 Å². The number of aromatic nitrogens is 3. The number of imidazole rings is 1. The minimum absolute atomic E-state index is 0.638. The second kappa shape index (κ2) is 3.87. The lowest BCUT2D eigenvalue weighted by Crippen LogP contribution is -2.29. The zero-order chi connectivity index (χ0) is 11.0. The molecule has 1 saturated heterocycles. The molecule has 0 radical (unpaired) electrons. The van der Waals surface area contributed by atoms with Gasteiger partial charge in [-0.15, -0.1) is 0 Å². The Bertz CT molecular complexity index is 490. The van der Waals surface area contributed by atoms with Crippen LogP contribution in [0.4, 0.5) is 0 Å². The van der Waals surface area contributed by atoms with Crippen molar-refractivity contribution in [3.63, 3.8) is 0 Å². The Kier molecular flexibility index (Phi) is 2.36. The first-order valence-corrected chi connectivity index (χ1v) is 5.81. The normalized spacial score (nSPS) is 21.9. The molecule has 2 aromatic rings. The molecule has 4 nitrogen and oxygen atoms in total. The smallest absolute Gasteiger partial charge is 0.159 e. The summed E-state index contributed by atoms with van der Waals surface area (Å²) in [4.78, 5) is 11.2. The van der Waals surface area contributed by atoms with Gasteiger partial charge in [0.05, 0.1) is 6.33 Å². The molecule has 0 aliphatic carbocycles. The summed E-state index contributed by atoms with van der Waals surface area (Å²) in [6.07, 6.45) is 6.33. The third-order valence-electron chi connectivity index (χ3n) is 3.45. The number of likely N-dealkylation sites (N-methyl/N-ethyl adjacent to an activating group) is 1. The summed E-state index contributed by atoms with van der Waals surface area (Å²) in [6.45, 7) is 2.22. The lowest BCUT2D eigenvalue weighted by atomic mass is 10.2. The van der Waals surface area contributed by atoms with E-state index in [0.717, 1.165) is 17.7 Å². The molecular weight excluding hydrogens is 200 g/mol. The van der Waals surface area contributed by atoms with Crippen molar-refractivity contribution in [1.82, 2.24) is 19.4 Å². The van der Waals surface area contributed by atoms with E-state index in [1.54, 1.807) is 0 Å². The topological polar surface area (TPSA) is 34.0 Å². The van der Waals surface area contributed by atoms with E-state index in [-0.39, 0.29) is 0 Å². The number of hydrogen-bond donors (Lipinski definition) is 0. The Hall–Kier alpha value is -1.42. The van der Waals surface area contributed by atoms with Crippen LogP contribution in [0.25, 0.3) is 11.2 Å². The highest BCUT2D eigenvalue weighted by Gasteiger charge is 2.21. The molecule has 0 N–H and O–H groups in total. The molecule has 1 aliphatic heterocycles. The molecule has 84 valence electrons. The van der Waals surface area contributed by atoms with E-state index in [4.69, 9.17) is 0 Å². The van der Waals surface area contributed by atoms with Gasteiger partial charge in [0.25, 0.3) is 0 Å². The number of likely N-dealkylation sites (tertiary alicyclic amines) is 1. The van der Waals surface area contributed by atoms with Crippen molar-refractivity contribution in [2.75, 3.05) is 13.6 Å². The van der Waals surface area contributed by atoms with Gasteiger partial charge in [-0.3, -0.25) is 0 Å². The van der Waals surface area contributed by atoms with Crippen molar-refractivity contribution >= 4 is 11.2 Å². The molecule has 1 aliphatic rings. The largest absolute Gasteiger partial charge is 0.314 e. The molecule has 16 heavy (non-hydrogen) atoms. The van der Waals surface area contributed by atoms with E-state index in [1.165, 1.54) is 19.4 Å². The van der Waals surface area contributed by atoms with Crippen LogP contribution >= 0.6 is 0 Å². The van der Waals surface area contributed by atoms with Gasteiger partial charge in [0, 0.05) is 18.8 Å². The van der Waals surface area contributed by atoms with E-state index < -0.39 is 0 Å². The van der Waals surface area contributed by atoms with Gasteiger partial charge in [-0.2, -0.15) is 0 Å². The number of pyridine rings is 1. The molecule has 4 heteroatoms. The van der Waals surface area contributed by atoms with Crippen LogP contribution < -0.4 is 0 Å². The van der Waals surface area contributed by atoms with Crippen molar-refractivity contribution in [2.24, 2.45) is 0 Å². The molecule has 1 fully saturated rings. The van der Waals surface area contributed by atoms with Crippen molar-refractivity contribution in [3.05, 3.63) is 24.7 Å². The number of hydrogen-bond acceptors (Lipinski definition) is 3. The maximum absolute atomic E-state index is 4.39. The standard InChI is InChI=1S/C12H16N4/c1-15-7-3-4-10(15)8-16-9-14-11-5-2-6-13-12(11)16/h2,5-6,9-10H,3-4,7-8H2,1H3. The summed E-state index contributed by atoms with van der Waals surface area (Å²) in [7, 11) is 2.20. The molecular formula is C12H16N4. The molecule has 0 saturated carbocycles. The van der Waals surface area contributed by atoms with Gasteiger partial charge in [-0.05, 0) is 38.6 Å². The summed E-state index contributed by atoms with van der Waals surface area (Å²) in [5.41, 5.74) is 1.99. The summed E-state index contributed by atoms with van der Waals surface area (Å²) in [6, 6.07) is 4.58. The van der Waals surface area contributed by atoms with Crippen molar-refractivity contribution in [2.45, 2.75) is 25.4 Å². The molecule has 2 aromatic heterocycles. The first-order valence-electron chi connectivity index (χ1n) is 5.81. The number of rotatable bonds is 2. The van der Waals surface area contributed by atoms with Crippen LogP contribution in [0.1, 0.15) is 12.8 Å². The fraction of sp³-hybridized carbons (Fsp3) is 0.500. The van der Waals surface area contributed by atoms with Gasteiger partial charge in [0.1, 0.15) is 5.52 Å². The van der Waals surface area contributed by atoms with E-state index >= 15 is 0 Å². The van der Waals surface area contributed by atoms with E-state index in [1.807, 2.05) is 24.7 Å². The summed E-state index contributed by atoms with van der Waals surface area (Å²) >= 11 is 0. The van der Waals surface area contributed by atoms with E-state index in [9.17, 15) is 0 Å². The lowest BCUT2D eigenvalue weighted by Gasteiger charge is -2.19. The van der Waals surface area contributed by atoms with E-state index in [0.29, 0.717) is 6.04 Å². The van der Waals surface area contributed by atoms with Gasteiger partial charge >= 0.3 is 0 Å². The first kappa shape index (κ1) is 9.78. The van der Waals surface area contributed by atoms with Gasteiger partial charge in [-0.25, -0.2) is 9.97 Å². The van der Waals surface area contributed by atoms with Gasteiger partial charge < -0.3 is 9.47 Å². The van der Waals surface area contributed by atoms with Crippen molar-refractivity contribution < 1.29 is 0 Å². The van der Waals surface area contributed by atoms with Crippen LogP contribution in [0, 0.1) is 0 Å². The highest BCUT2D eigenvalue weighted by Crippen LogP contribution is 2.18. The minimum atomic E-state index is 0.638. The third-order valence-corrected chi connectivity index (χ3v) is 3.45. The molecule has 3 heterocycles. The molecule has 1 atom stereocenters. The quantitative estimate of drug-likeness (QED) is 0.763. The van der Waals surface area contributed by atoms with Crippen molar-refractivity contribution in [1.29, 1.82) is 0 Å². The Labute approximate surface area is 94.9 Å². The highest BCUT2D eigenvalue weighted by atomic mass is 15.2. The van der Waals surface area contributed by atoms with Crippen LogP contribution in [0.5, 0.6) is 0 Å². The lowest BCUT2D eigenvalue weighted by molar-refractivity contribution is 0.284. The molecule has 0 aromatic carbocycles. The maximum atomic E-state index is 4.39. The van der Waals surface area contributed by atoms with Gasteiger partial charge in [-0.1, -0.05) is 0 Å². The zero-order valence-corrected chi connectivity index (χ0v) is 9.50. The average molecular weight is 216 g/mol. The monoisotopic (exact) mass is 216 g/mol. The van der Waals surface area contributed by atoms with Gasteiger partial charge in [0.2, 0.25) is 0 Å². The molecule has 3 rings (SSSR count). The third kappa shape index (κ3) is 1.59. The second-order valence-electron chi connectivity index (χ2n) is 4.52. The molecule has 1 unspecified atom stereocenters. The Balaban J connectivity index is 1.89. The van der Waals surface area contributed by atoms with Crippen LogP contribution in [0.2, 0.25) is 0 Å². The SMILES string of the molecule is CN1CCCC1Cn1cnc2cccnc21. The Morgan fingerprint density at radius 3 is 3.19 bits per heavy atom. The van der Waals surface area contributed by atoms with E-state index in [2.05, 4.69) is 26.5 Å². The second-order valence-corrected chi connectivity index (χ2v) is 4.52. The minimum Gasteiger partial charge on any atom is -0.314 e.